The van der Waals surface area contributed by atoms with E-state index in [9.17, 15) is 4.79 Å². The lowest BCUT2D eigenvalue weighted by Gasteiger charge is -2.11. The fraction of sp³-hybridized carbons (Fsp3) is 0.462. The van der Waals surface area contributed by atoms with Gasteiger partial charge in [0.25, 0.3) is 0 Å². The normalized spacial score (nSPS) is 10.0. The Morgan fingerprint density at radius 1 is 1.35 bits per heavy atom. The van der Waals surface area contributed by atoms with Gasteiger partial charge in [0.15, 0.2) is 0 Å². The molecular weight excluding hydrogens is 236 g/mol. The lowest BCUT2D eigenvalue weighted by atomic mass is 10.1. The highest BCUT2D eigenvalue weighted by Gasteiger charge is 2.04. The topological polar surface area (TPSA) is 41.1 Å². The molecule has 1 aromatic carbocycles. The first-order valence-corrected chi connectivity index (χ1v) is 6.50. The van der Waals surface area contributed by atoms with Crippen molar-refractivity contribution in [2.24, 2.45) is 0 Å². The number of hydrogen-bond donors (Lipinski definition) is 2. The van der Waals surface area contributed by atoms with Crippen LogP contribution in [-0.4, -0.2) is 18.5 Å². The van der Waals surface area contributed by atoms with Crippen LogP contribution in [0.3, 0.4) is 0 Å². The highest BCUT2D eigenvalue weighted by molar-refractivity contribution is 6.18. The molecule has 0 spiro atoms. The Balaban J connectivity index is 2.59. The number of unbranched alkanes of at least 4 members (excludes halogenated alkanes) is 1. The maximum Gasteiger partial charge on any atom is 0.319 e. The van der Waals surface area contributed by atoms with E-state index in [0.29, 0.717) is 12.4 Å². The van der Waals surface area contributed by atoms with Crippen molar-refractivity contribution < 1.29 is 4.79 Å². The van der Waals surface area contributed by atoms with Crippen LogP contribution in [0.1, 0.15) is 25.3 Å². The molecule has 0 saturated heterocycles. The van der Waals surface area contributed by atoms with Crippen molar-refractivity contribution in [2.45, 2.75) is 26.2 Å². The number of para-hydroxylation sites is 1. The Kier molecular flexibility index (Phi) is 6.48. The molecule has 0 aliphatic carbocycles. The van der Waals surface area contributed by atoms with Crippen molar-refractivity contribution in [3.05, 3.63) is 29.8 Å². The van der Waals surface area contributed by atoms with Gasteiger partial charge < -0.3 is 10.6 Å². The molecule has 4 heteroatoms. The fourth-order valence-electron chi connectivity index (χ4n) is 1.55. The molecule has 0 aromatic heterocycles. The van der Waals surface area contributed by atoms with E-state index in [-0.39, 0.29) is 6.03 Å². The number of hydrogen-bond acceptors (Lipinski definition) is 1. The molecule has 3 nitrogen and oxygen atoms in total. The average molecular weight is 255 g/mol. The quantitative estimate of drug-likeness (QED) is 0.751. The molecule has 94 valence electrons. The van der Waals surface area contributed by atoms with E-state index < -0.39 is 0 Å². The zero-order valence-corrected chi connectivity index (χ0v) is 10.9. The average Bonchev–Trinajstić information content (AvgIpc) is 2.35. The van der Waals surface area contributed by atoms with Crippen LogP contribution < -0.4 is 10.6 Å². The van der Waals surface area contributed by atoms with E-state index in [0.717, 1.165) is 24.9 Å². The van der Waals surface area contributed by atoms with Crippen LogP contribution in [-0.2, 0) is 6.42 Å². The van der Waals surface area contributed by atoms with E-state index >= 15 is 0 Å². The first kappa shape index (κ1) is 13.8. The number of aryl methyl sites for hydroxylation is 1. The fourth-order valence-corrected chi connectivity index (χ4v) is 1.65. The summed E-state index contributed by atoms with van der Waals surface area (Å²) in [6.45, 7) is 2.63. The van der Waals surface area contributed by atoms with Gasteiger partial charge in [0.1, 0.15) is 0 Å². The molecule has 0 aliphatic heterocycles. The molecule has 1 aromatic rings. The molecule has 1 rings (SSSR count). The molecule has 0 heterocycles. The molecule has 2 amide bonds. The molecule has 0 aliphatic rings. The molecule has 0 atom stereocenters. The third kappa shape index (κ3) is 5.09. The maximum atomic E-state index is 11.5. The number of anilines is 1. The molecule has 2 N–H and O–H groups in total. The number of rotatable bonds is 6. The minimum atomic E-state index is -0.199. The van der Waals surface area contributed by atoms with Gasteiger partial charge in [0.2, 0.25) is 0 Å². The van der Waals surface area contributed by atoms with Gasteiger partial charge in [-0.15, -0.1) is 11.6 Å². The van der Waals surface area contributed by atoms with Crippen LogP contribution >= 0.6 is 11.6 Å². The molecule has 0 unspecified atom stereocenters. The Morgan fingerprint density at radius 2 is 2.12 bits per heavy atom. The van der Waals surface area contributed by atoms with E-state index in [1.165, 1.54) is 5.56 Å². The number of amides is 2. The Morgan fingerprint density at radius 3 is 2.82 bits per heavy atom. The van der Waals surface area contributed by atoms with Gasteiger partial charge in [-0.2, -0.15) is 0 Å². The first-order chi connectivity index (χ1) is 8.27. The van der Waals surface area contributed by atoms with Crippen molar-refractivity contribution in [3.63, 3.8) is 0 Å². The van der Waals surface area contributed by atoms with Gasteiger partial charge in [-0.05, 0) is 24.5 Å². The second-order valence-corrected chi connectivity index (χ2v) is 4.21. The number of carbonyl (C=O) groups excluding carboxylic acids is 1. The minimum Gasteiger partial charge on any atom is -0.337 e. The predicted molar refractivity (Wildman–Crippen MR) is 72.8 cm³/mol. The number of benzene rings is 1. The standard InChI is InChI=1S/C13H19ClN2O/c1-2-3-6-11-7-4-5-8-12(11)16-13(17)15-10-9-14/h4-5,7-8H,2-3,6,9-10H2,1H3,(H2,15,16,17). The summed E-state index contributed by atoms with van der Waals surface area (Å²) in [7, 11) is 0. The van der Waals surface area contributed by atoms with Crippen molar-refractivity contribution >= 4 is 23.3 Å². The van der Waals surface area contributed by atoms with Crippen LogP contribution in [0.5, 0.6) is 0 Å². The summed E-state index contributed by atoms with van der Waals surface area (Å²) >= 11 is 5.51. The number of urea groups is 1. The van der Waals surface area contributed by atoms with Gasteiger partial charge in [0.05, 0.1) is 0 Å². The second-order valence-electron chi connectivity index (χ2n) is 3.83. The number of nitrogens with one attached hydrogen (secondary N) is 2. The number of halogens is 1. The van der Waals surface area contributed by atoms with Gasteiger partial charge >= 0.3 is 6.03 Å². The van der Waals surface area contributed by atoms with Crippen LogP contribution in [0.25, 0.3) is 0 Å². The molecule has 0 fully saturated rings. The monoisotopic (exact) mass is 254 g/mol. The lowest BCUT2D eigenvalue weighted by Crippen LogP contribution is -2.30. The van der Waals surface area contributed by atoms with Crippen molar-refractivity contribution in [3.8, 4) is 0 Å². The van der Waals surface area contributed by atoms with Gasteiger partial charge in [0, 0.05) is 18.1 Å². The van der Waals surface area contributed by atoms with Crippen LogP contribution in [0.15, 0.2) is 24.3 Å². The molecule has 0 radical (unpaired) electrons. The Hall–Kier alpha value is -1.22. The minimum absolute atomic E-state index is 0.199. The Bertz CT molecular complexity index is 355. The number of alkyl halides is 1. The molecular formula is C13H19ClN2O. The first-order valence-electron chi connectivity index (χ1n) is 5.96. The SMILES string of the molecule is CCCCc1ccccc1NC(=O)NCCCl. The molecule has 0 saturated carbocycles. The van der Waals surface area contributed by atoms with Crippen LogP contribution in [0, 0.1) is 0 Å². The van der Waals surface area contributed by atoms with Crippen molar-refractivity contribution in [2.75, 3.05) is 17.7 Å². The van der Waals surface area contributed by atoms with Crippen LogP contribution in [0.4, 0.5) is 10.5 Å². The van der Waals surface area contributed by atoms with E-state index in [2.05, 4.69) is 17.6 Å². The lowest BCUT2D eigenvalue weighted by molar-refractivity contribution is 0.252. The largest absolute Gasteiger partial charge is 0.337 e. The second kappa shape index (κ2) is 7.96. The third-order valence-corrected chi connectivity index (χ3v) is 2.63. The van der Waals surface area contributed by atoms with Crippen molar-refractivity contribution in [1.29, 1.82) is 0 Å². The molecule has 17 heavy (non-hydrogen) atoms. The summed E-state index contributed by atoms with van der Waals surface area (Å²) < 4.78 is 0. The maximum absolute atomic E-state index is 11.5. The summed E-state index contributed by atoms with van der Waals surface area (Å²) in [5.41, 5.74) is 2.06. The third-order valence-electron chi connectivity index (χ3n) is 2.45. The van der Waals surface area contributed by atoms with E-state index in [1.807, 2.05) is 24.3 Å². The summed E-state index contributed by atoms with van der Waals surface area (Å²) in [5.74, 6) is 0.422. The zero-order chi connectivity index (χ0) is 12.5. The highest BCUT2D eigenvalue weighted by atomic mass is 35.5. The van der Waals surface area contributed by atoms with Gasteiger partial charge in [-0.3, -0.25) is 0 Å². The van der Waals surface area contributed by atoms with Crippen molar-refractivity contribution in [1.82, 2.24) is 5.32 Å². The van der Waals surface area contributed by atoms with E-state index in [4.69, 9.17) is 11.6 Å². The van der Waals surface area contributed by atoms with Gasteiger partial charge in [-0.1, -0.05) is 31.5 Å². The zero-order valence-electron chi connectivity index (χ0n) is 10.1. The van der Waals surface area contributed by atoms with Crippen LogP contribution in [0.2, 0.25) is 0 Å². The summed E-state index contributed by atoms with van der Waals surface area (Å²) in [5, 5.41) is 5.53. The van der Waals surface area contributed by atoms with Gasteiger partial charge in [-0.25, -0.2) is 4.79 Å². The Labute approximate surface area is 108 Å². The highest BCUT2D eigenvalue weighted by Crippen LogP contribution is 2.17. The smallest absolute Gasteiger partial charge is 0.319 e. The van der Waals surface area contributed by atoms with E-state index in [1.54, 1.807) is 0 Å². The predicted octanol–water partition coefficient (Wildman–Crippen LogP) is 3.39. The summed E-state index contributed by atoms with van der Waals surface area (Å²) in [6.07, 6.45) is 3.26. The summed E-state index contributed by atoms with van der Waals surface area (Å²) in [6, 6.07) is 7.69. The number of carbonyl (C=O) groups is 1. The summed E-state index contributed by atoms with van der Waals surface area (Å²) in [4.78, 5) is 11.5. The molecule has 0 bridgehead atoms.